The summed E-state index contributed by atoms with van der Waals surface area (Å²) in [5, 5.41) is 31.6. The Labute approximate surface area is 516 Å². The van der Waals surface area contributed by atoms with Gasteiger partial charge in [0.15, 0.2) is 5.71 Å². The minimum Gasteiger partial charge on any atom is -0.477 e. The number of rotatable bonds is 16. The predicted octanol–water partition coefficient (Wildman–Crippen LogP) is 3.05. The molecule has 368 valence electrons. The maximum Gasteiger partial charge on any atom is 0.355 e. The van der Waals surface area contributed by atoms with Gasteiger partial charge in [-0.15, -0.1) is 0 Å². The van der Waals surface area contributed by atoms with E-state index in [-0.39, 0.29) is 164 Å². The number of carbonyl (C=O) groups is 2. The molecular weight excluding hydrogens is 1150 g/mol. The van der Waals surface area contributed by atoms with E-state index in [4.69, 9.17) is 23.2 Å². The number of carbonyl (C=O) groups excluding carboxylic acids is 1. The van der Waals surface area contributed by atoms with Gasteiger partial charge in [-0.2, -0.15) is 83.9 Å². The van der Waals surface area contributed by atoms with Crippen molar-refractivity contribution in [1.82, 2.24) is 29.9 Å². The molecule has 29 nitrogen and oxygen atoms in total. The molecule has 0 spiro atoms. The second-order valence-electron chi connectivity index (χ2n) is 13.8. The van der Waals surface area contributed by atoms with Crippen LogP contribution in [0.4, 0.5) is 57.9 Å². The third-order valence-corrected chi connectivity index (χ3v) is 12.8. The standard InChI is InChI=1S/C35H26Cl2N14O15S4.4Na/c1-15-22(41-35-45-31(37)44-33(47-35)39-17-5-3-7-20(11-17)68(58,59)60)13-21(69(61,62)63)14-24(15)51-28(52)26(27(50-51)29(53)54)49-48-23-12-18(8-9-25(23)70(64,65)66)40-34-43-30(36)42-32(46-34)38-16-4-2-6-19(10-16)67(55,56)57;;;;/h2-14,26H,1H3,(H,53,54)(H,55,56,57)(H,58,59,60)(H,61,62,63)(H,64,65,66)(H2,38,40,42,43,46)(H2,39,41,44,45,47);;;;. The first-order chi connectivity index (χ1) is 32.6. The normalized spacial score (nSPS) is 13.6. The van der Waals surface area contributed by atoms with Gasteiger partial charge >= 0.3 is 5.97 Å². The number of hydrogen-bond acceptors (Lipinski definition) is 23. The Morgan fingerprint density at radius 2 is 1.04 bits per heavy atom. The first kappa shape index (κ1) is 64.8. The van der Waals surface area contributed by atoms with Crippen LogP contribution in [0.5, 0.6) is 0 Å². The zero-order valence-electron chi connectivity index (χ0n) is 38.3. The third-order valence-electron chi connectivity index (χ3n) is 9.02. The number of benzene rings is 4. The van der Waals surface area contributed by atoms with Gasteiger partial charge in [0, 0.05) is 141 Å². The van der Waals surface area contributed by atoms with Gasteiger partial charge in [0.1, 0.15) is 10.6 Å². The number of anilines is 9. The largest absolute Gasteiger partial charge is 0.477 e. The second-order valence-corrected chi connectivity index (χ2v) is 20.1. The molecule has 3 heterocycles. The Morgan fingerprint density at radius 1 is 0.595 bits per heavy atom. The molecule has 4 aromatic carbocycles. The number of amides is 1. The smallest absolute Gasteiger partial charge is 0.355 e. The number of hydrogen-bond donors (Lipinski definition) is 9. The summed E-state index contributed by atoms with van der Waals surface area (Å²) in [6.07, 6.45) is 0. The number of nitrogens with one attached hydrogen (secondary N) is 4. The molecule has 1 aliphatic heterocycles. The molecule has 1 atom stereocenters. The third kappa shape index (κ3) is 16.3. The van der Waals surface area contributed by atoms with Crippen LogP contribution in [0.15, 0.2) is 114 Å². The van der Waals surface area contributed by atoms with Crippen molar-refractivity contribution >= 4 is 257 Å². The van der Waals surface area contributed by atoms with E-state index in [1.165, 1.54) is 31.2 Å². The zero-order valence-corrected chi connectivity index (χ0v) is 51.0. The Bertz CT molecular complexity index is 3730. The van der Waals surface area contributed by atoms with Gasteiger partial charge in [0.05, 0.1) is 20.4 Å². The number of carboxylic acids is 1. The second kappa shape index (κ2) is 25.8. The summed E-state index contributed by atoms with van der Waals surface area (Å²) in [6, 6.07) is 12.0. The molecule has 1 amide bonds. The number of azo groups is 1. The van der Waals surface area contributed by atoms with Crippen molar-refractivity contribution in [2.45, 2.75) is 32.5 Å². The van der Waals surface area contributed by atoms with Gasteiger partial charge in [-0.25, -0.2) is 4.79 Å². The molecular formula is C35H26Cl2N14Na4O15S4. The Morgan fingerprint density at radius 3 is 1.47 bits per heavy atom. The van der Waals surface area contributed by atoms with Gasteiger partial charge in [-0.1, -0.05) is 12.1 Å². The van der Waals surface area contributed by atoms with Crippen LogP contribution < -0.4 is 26.3 Å². The Hall–Kier alpha value is -3.47. The SMILES string of the molecule is Cc1c(Nc2nc(Cl)nc(Nc3cccc(S(=O)(=O)O)c3)n2)cc(S(=O)(=O)O)cc1N1N=C(C(=O)O)C(N=Nc2cc(Nc3nc(Cl)nc(Nc4cccc(S(=O)(=O)O)c4)n3)ccc2S(=O)(=O)O)C1=O.[Na].[Na].[Na].[Na]. The molecule has 39 heteroatoms. The van der Waals surface area contributed by atoms with E-state index in [0.717, 1.165) is 54.6 Å². The average molecular weight is 1170 g/mol. The van der Waals surface area contributed by atoms with E-state index < -0.39 is 112 Å². The summed E-state index contributed by atoms with van der Waals surface area (Å²) in [5.41, 5.74) is -2.46. The van der Waals surface area contributed by atoms with E-state index in [1.54, 1.807) is 0 Å². The molecule has 0 saturated carbocycles. The fourth-order valence-electron chi connectivity index (χ4n) is 5.96. The van der Waals surface area contributed by atoms with Crippen LogP contribution in [0.3, 0.4) is 0 Å². The number of aromatic nitrogens is 6. The van der Waals surface area contributed by atoms with Crippen LogP contribution in [-0.4, -0.2) is 229 Å². The van der Waals surface area contributed by atoms with Crippen LogP contribution in [-0.2, 0) is 50.1 Å². The fourth-order valence-corrected chi connectivity index (χ4v) is 8.47. The van der Waals surface area contributed by atoms with Crippen molar-refractivity contribution in [1.29, 1.82) is 0 Å². The number of carboxylic acid groups (broad SMARTS) is 1. The van der Waals surface area contributed by atoms with Gasteiger partial charge in [-0.05, 0) is 102 Å². The Balaban J connectivity index is 0.00000361. The van der Waals surface area contributed by atoms with E-state index in [2.05, 4.69) is 66.5 Å². The molecule has 1 unspecified atom stereocenters. The fraction of sp³-hybridized carbons (Fsp3) is 0.0571. The van der Waals surface area contributed by atoms with Crippen molar-refractivity contribution in [2.75, 3.05) is 26.3 Å². The van der Waals surface area contributed by atoms with Crippen LogP contribution in [0.1, 0.15) is 5.56 Å². The zero-order chi connectivity index (χ0) is 51.1. The van der Waals surface area contributed by atoms with E-state index in [9.17, 15) is 66.6 Å². The molecule has 0 fully saturated rings. The van der Waals surface area contributed by atoms with Crippen molar-refractivity contribution in [3.05, 3.63) is 95.0 Å². The first-order valence-corrected chi connectivity index (χ1v) is 25.0. The quantitative estimate of drug-likeness (QED) is 0.0382. The van der Waals surface area contributed by atoms with Crippen molar-refractivity contribution < 1.29 is 66.6 Å². The van der Waals surface area contributed by atoms with E-state index in [1.807, 2.05) is 0 Å². The Kier molecular flexibility index (Phi) is 22.6. The van der Waals surface area contributed by atoms with Crippen LogP contribution in [0.25, 0.3) is 0 Å². The molecule has 4 radical (unpaired) electrons. The molecule has 1 aliphatic rings. The summed E-state index contributed by atoms with van der Waals surface area (Å²) in [5.74, 6) is -4.44. The number of hydrazone groups is 1. The molecule has 74 heavy (non-hydrogen) atoms. The summed E-state index contributed by atoms with van der Waals surface area (Å²) in [4.78, 5) is 47.6. The van der Waals surface area contributed by atoms with Crippen molar-refractivity contribution in [3.63, 3.8) is 0 Å². The predicted molar refractivity (Wildman–Crippen MR) is 266 cm³/mol. The average Bonchev–Trinajstić information content (AvgIpc) is 3.57. The molecule has 6 aromatic rings. The number of aliphatic carboxylic acids is 1. The first-order valence-electron chi connectivity index (χ1n) is 18.5. The van der Waals surface area contributed by atoms with Gasteiger partial charge in [0.2, 0.25) is 40.4 Å². The molecule has 2 aromatic heterocycles. The summed E-state index contributed by atoms with van der Waals surface area (Å²) < 4.78 is 135. The number of nitrogens with zero attached hydrogens (tertiary/aromatic N) is 10. The van der Waals surface area contributed by atoms with E-state index >= 15 is 0 Å². The van der Waals surface area contributed by atoms with Crippen LogP contribution in [0, 0.1) is 6.92 Å². The topological polar surface area (TPSA) is 438 Å². The monoisotopic (exact) mass is 1170 g/mol. The molecule has 0 bridgehead atoms. The summed E-state index contributed by atoms with van der Waals surface area (Å²) in [7, 11) is -19.4. The molecule has 9 N–H and O–H groups in total. The van der Waals surface area contributed by atoms with Gasteiger partial charge in [0.25, 0.3) is 46.4 Å². The van der Waals surface area contributed by atoms with Crippen LogP contribution in [0.2, 0.25) is 10.6 Å². The van der Waals surface area contributed by atoms with Crippen molar-refractivity contribution in [2.24, 2.45) is 15.3 Å². The van der Waals surface area contributed by atoms with Gasteiger partial charge in [-0.3, -0.25) is 23.0 Å². The number of halogens is 2. The molecule has 0 aliphatic carbocycles. The minimum absolute atomic E-state index is 0. The maximum atomic E-state index is 14.0. The maximum absolute atomic E-state index is 14.0. The molecule has 0 saturated heterocycles. The van der Waals surface area contributed by atoms with Crippen molar-refractivity contribution in [3.8, 4) is 0 Å². The van der Waals surface area contributed by atoms with E-state index in [0.29, 0.717) is 5.01 Å². The minimum atomic E-state index is -5.12. The summed E-state index contributed by atoms with van der Waals surface area (Å²) >= 11 is 12.2. The van der Waals surface area contributed by atoms with Crippen LogP contribution >= 0.6 is 23.2 Å². The van der Waals surface area contributed by atoms with Gasteiger partial charge < -0.3 is 26.4 Å². The molecule has 7 rings (SSSR count). The summed E-state index contributed by atoms with van der Waals surface area (Å²) in [6.45, 7) is 1.29.